The highest BCUT2D eigenvalue weighted by Crippen LogP contribution is 2.10. The van der Waals surface area contributed by atoms with Crippen LogP contribution in [0.1, 0.15) is 154 Å². The second kappa shape index (κ2) is 44.3. The number of piperazine rings is 5. The van der Waals surface area contributed by atoms with Crippen LogP contribution in [0.2, 0.25) is 0 Å². The van der Waals surface area contributed by atoms with Gasteiger partial charge in [-0.15, -0.1) is 11.8 Å². The first-order valence-corrected chi connectivity index (χ1v) is 30.2. The molecule has 5 heterocycles. The number of carbonyl (C=O) groups is 15. The second-order valence-electron chi connectivity index (χ2n) is 21.3. The van der Waals surface area contributed by atoms with Crippen LogP contribution in [-0.4, -0.2) is 274 Å². The van der Waals surface area contributed by atoms with E-state index in [2.05, 4.69) is 25.7 Å². The summed E-state index contributed by atoms with van der Waals surface area (Å²) in [6, 6.07) is 0. The zero-order valence-corrected chi connectivity index (χ0v) is 53.7. The molecule has 0 unspecified atom stereocenters. The lowest BCUT2D eigenvalue weighted by atomic mass is 10.2. The third-order valence-corrected chi connectivity index (χ3v) is 13.8. The van der Waals surface area contributed by atoms with E-state index in [4.69, 9.17) is 0 Å². The van der Waals surface area contributed by atoms with Crippen molar-refractivity contribution in [2.24, 2.45) is 0 Å². The summed E-state index contributed by atoms with van der Waals surface area (Å²) < 4.78 is 0. The Kier molecular flexibility index (Phi) is 40.5. The number of hydrogen-bond donors (Lipinski definition) is 0. The Morgan fingerprint density at radius 3 is 0.512 bits per heavy atom. The van der Waals surface area contributed by atoms with Gasteiger partial charge in [-0.1, -0.05) is 41.5 Å². The van der Waals surface area contributed by atoms with Gasteiger partial charge in [0.25, 0.3) is 0 Å². The Morgan fingerprint density at radius 2 is 0.384 bits per heavy atom. The van der Waals surface area contributed by atoms with Crippen molar-refractivity contribution in [3.63, 3.8) is 0 Å². The summed E-state index contributed by atoms with van der Waals surface area (Å²) >= 11 is 0. The van der Waals surface area contributed by atoms with Crippen LogP contribution in [0, 0.1) is 11.8 Å². The summed E-state index contributed by atoms with van der Waals surface area (Å²) in [5, 5.41) is 0. The number of hydrogen-bond acceptors (Lipinski definition) is 16. The fourth-order valence-electron chi connectivity index (χ4n) is 9.06. The molecule has 0 N–H and O–H groups in total. The highest BCUT2D eigenvalue weighted by Gasteiger charge is 2.28. The van der Waals surface area contributed by atoms with Crippen molar-refractivity contribution in [1.29, 1.82) is 0 Å². The van der Waals surface area contributed by atoms with Gasteiger partial charge in [0.15, 0.2) is 0 Å². The maximum absolute atomic E-state index is 11.6. The highest BCUT2D eigenvalue weighted by atomic mass is 16.2. The van der Waals surface area contributed by atoms with Crippen LogP contribution in [0.4, 0.5) is 0 Å². The van der Waals surface area contributed by atoms with Crippen LogP contribution in [0.15, 0.2) is 0 Å². The Balaban J connectivity index is 0.00000103. The SMILES string of the molecule is CC(=O)CC(=O)N1CCN(C(=O)CC(C)=O)CC1.CC(=O)CC(=O)N1CCN(CC(C)=O)CC1.CCC#CCC.CCC(=O)N1CCN(C(=O)CC(C)=O)CC1.CCC(=O)N1CCN(C(=O)CC(C)=O)CC1.CCC(=O)N1CCN(C(=O)CC)CC1. The van der Waals surface area contributed by atoms with E-state index in [1.807, 2.05) is 42.4 Å². The largest absolute Gasteiger partial charge is 0.340 e. The van der Waals surface area contributed by atoms with Crippen LogP contribution < -0.4 is 0 Å². The van der Waals surface area contributed by atoms with Gasteiger partial charge in [0, 0.05) is 169 Å². The molecular formula is C61H100N10O15. The van der Waals surface area contributed by atoms with Gasteiger partial charge in [0.2, 0.25) is 53.2 Å². The monoisotopic (exact) mass is 1210 g/mol. The van der Waals surface area contributed by atoms with E-state index in [0.717, 1.165) is 12.8 Å². The molecule has 0 saturated carbocycles. The molecule has 5 fully saturated rings. The number of rotatable bonds is 16. The van der Waals surface area contributed by atoms with Crippen LogP contribution in [-0.2, 0) is 71.9 Å². The molecule has 0 aromatic heterocycles. The van der Waals surface area contributed by atoms with Crippen molar-refractivity contribution in [1.82, 2.24) is 49.0 Å². The molecule has 5 rings (SSSR count). The highest BCUT2D eigenvalue weighted by molar-refractivity contribution is 5.99. The van der Waals surface area contributed by atoms with Crippen LogP contribution in [0.3, 0.4) is 0 Å². The molecule has 0 aromatic rings. The maximum Gasteiger partial charge on any atom is 0.230 e. The fourth-order valence-corrected chi connectivity index (χ4v) is 9.06. The van der Waals surface area contributed by atoms with Crippen LogP contribution in [0.5, 0.6) is 0 Å². The number of amides is 9. The summed E-state index contributed by atoms with van der Waals surface area (Å²) in [6.07, 6.45) is 3.88. The maximum atomic E-state index is 11.6. The zero-order chi connectivity index (χ0) is 65.5. The lowest BCUT2D eigenvalue weighted by Gasteiger charge is -2.34. The minimum absolute atomic E-state index is 0.00723. The van der Waals surface area contributed by atoms with E-state index in [1.165, 1.54) is 34.6 Å². The molecule has 0 atom stereocenters. The minimum Gasteiger partial charge on any atom is -0.340 e. The summed E-state index contributed by atoms with van der Waals surface area (Å²) in [5.41, 5.74) is 0. The van der Waals surface area contributed by atoms with Gasteiger partial charge in [0.05, 0.1) is 38.6 Å². The average Bonchev–Trinajstić information content (AvgIpc) is 3.38. The van der Waals surface area contributed by atoms with E-state index in [9.17, 15) is 71.9 Å². The normalized spacial score (nSPS) is 15.7. The minimum atomic E-state index is -0.193. The van der Waals surface area contributed by atoms with E-state index in [0.29, 0.717) is 163 Å². The molecule has 0 spiro atoms. The lowest BCUT2D eigenvalue weighted by Crippen LogP contribution is -2.51. The molecule has 86 heavy (non-hydrogen) atoms. The number of carbonyl (C=O) groups excluding carboxylic acids is 15. The van der Waals surface area contributed by atoms with Crippen LogP contribution in [0.25, 0.3) is 0 Å². The van der Waals surface area contributed by atoms with Gasteiger partial charge in [-0.3, -0.25) is 76.8 Å². The van der Waals surface area contributed by atoms with Gasteiger partial charge < -0.3 is 44.1 Å². The Morgan fingerprint density at radius 1 is 0.233 bits per heavy atom. The van der Waals surface area contributed by atoms with Crippen LogP contribution >= 0.6 is 0 Å². The summed E-state index contributed by atoms with van der Waals surface area (Å²) in [6.45, 7) is 32.1. The number of Topliss-reactive ketones (excluding diaryl/α,β-unsaturated/α-hetero) is 6. The fraction of sp³-hybridized carbons (Fsp3) is 0.721. The van der Waals surface area contributed by atoms with Crippen molar-refractivity contribution in [2.45, 2.75) is 154 Å². The first kappa shape index (κ1) is 78.8. The first-order chi connectivity index (χ1) is 40.6. The second-order valence-corrected chi connectivity index (χ2v) is 21.3. The molecule has 25 nitrogen and oxygen atoms in total. The molecule has 484 valence electrons. The van der Waals surface area contributed by atoms with Crippen molar-refractivity contribution < 1.29 is 71.9 Å². The Labute approximate surface area is 510 Å². The quantitative estimate of drug-likeness (QED) is 0.157. The Bertz CT molecular complexity index is 2220. The smallest absolute Gasteiger partial charge is 0.230 e. The van der Waals surface area contributed by atoms with Gasteiger partial charge in [-0.05, 0) is 41.5 Å². The summed E-state index contributed by atoms with van der Waals surface area (Å²) in [4.78, 5) is 186. The van der Waals surface area contributed by atoms with Crippen molar-refractivity contribution in [2.75, 3.05) is 137 Å². The van der Waals surface area contributed by atoms with E-state index in [-0.39, 0.29) is 120 Å². The Hall–Kier alpha value is -7.23. The van der Waals surface area contributed by atoms with Crippen molar-refractivity contribution in [3.05, 3.63) is 0 Å². The predicted octanol–water partition coefficient (Wildman–Crippen LogP) is 1.69. The van der Waals surface area contributed by atoms with Crippen molar-refractivity contribution >= 4 is 87.9 Å². The third kappa shape index (κ3) is 34.1. The summed E-state index contributed by atoms with van der Waals surface area (Å²) in [7, 11) is 0. The predicted molar refractivity (Wildman–Crippen MR) is 322 cm³/mol. The topological polar surface area (TPSA) is 288 Å². The molecule has 0 aromatic carbocycles. The molecule has 0 radical (unpaired) electrons. The standard InChI is InChI=1S/C12H18N2O4.3C11H18N2O3.C10H18N2O2.C6H10/c1-9(15)7-11(17)13-3-5-14(6-4-13)12(18)8-10(2)16;1-9(14)7-11(16)13-5-3-12(4-6-13)8-10(2)15;2*1-3-10(15)12-4-6-13(7-5-12)11(16)8-9(2)14;1-3-9(13)11-5-7-12(8-6-11)10(14)4-2;1-3-5-6-4-2/h3-8H2,1-2H3;3*3-8H2,1-2H3;3-8H2,1-2H3;3-4H2,1-2H3. The molecule has 25 heteroatoms. The molecule has 5 saturated heterocycles. The summed E-state index contributed by atoms with van der Waals surface area (Å²) in [5.74, 6) is 5.27. The number of nitrogens with zero attached hydrogens (tertiary/aromatic N) is 10. The van der Waals surface area contributed by atoms with E-state index in [1.54, 1.807) is 41.2 Å². The first-order valence-electron chi connectivity index (χ1n) is 30.2. The average molecular weight is 1210 g/mol. The van der Waals surface area contributed by atoms with Gasteiger partial charge in [-0.25, -0.2) is 0 Å². The van der Waals surface area contributed by atoms with Gasteiger partial charge >= 0.3 is 0 Å². The van der Waals surface area contributed by atoms with Crippen molar-refractivity contribution in [3.8, 4) is 11.8 Å². The molecule has 0 bridgehead atoms. The molecule has 5 aliphatic heterocycles. The zero-order valence-electron chi connectivity index (χ0n) is 53.7. The molecule has 9 amide bonds. The van der Waals surface area contributed by atoms with Gasteiger partial charge in [0.1, 0.15) is 34.7 Å². The van der Waals surface area contributed by atoms with E-state index < -0.39 is 0 Å². The van der Waals surface area contributed by atoms with Gasteiger partial charge in [-0.2, -0.15) is 0 Å². The lowest BCUT2D eigenvalue weighted by molar-refractivity contribution is -0.142. The van der Waals surface area contributed by atoms with E-state index >= 15 is 0 Å². The molecule has 0 aliphatic carbocycles. The number of ketones is 6. The third-order valence-electron chi connectivity index (χ3n) is 13.8. The molecular weight excluding hydrogens is 1110 g/mol. The molecule has 5 aliphatic rings.